The van der Waals surface area contributed by atoms with Crippen LogP contribution in [-0.2, 0) is 0 Å². The van der Waals surface area contributed by atoms with Crippen molar-refractivity contribution in [2.45, 2.75) is 4.90 Å². The van der Waals surface area contributed by atoms with Crippen LogP contribution in [0.1, 0.15) is 5.56 Å². The molecule has 70 valence electrons. The first-order valence-electron chi connectivity index (χ1n) is 3.42. The summed E-state index contributed by atoms with van der Waals surface area (Å²) in [6.45, 7) is 0. The van der Waals surface area contributed by atoms with Crippen LogP contribution in [0.15, 0.2) is 17.0 Å². The van der Waals surface area contributed by atoms with E-state index in [-0.39, 0.29) is 10.7 Å². The molecule has 0 aromatic heterocycles. The molecule has 0 aliphatic rings. The smallest absolute Gasteiger partial charge is 0.128 e. The second-order valence-corrected chi connectivity index (χ2v) is 4.09. The Bertz CT molecular complexity index is 354. The quantitative estimate of drug-likeness (QED) is 0.608. The van der Waals surface area contributed by atoms with Crippen molar-refractivity contribution in [3.05, 3.63) is 22.7 Å². The molecule has 0 heterocycles. The monoisotopic (exact) mass is 233 g/mol. The molecule has 0 unspecified atom stereocenters. The minimum Gasteiger partial charge on any atom is -0.507 e. The first-order chi connectivity index (χ1) is 6.06. The second-order valence-electron chi connectivity index (χ2n) is 2.37. The maximum Gasteiger partial charge on any atom is 0.128 e. The molecule has 5 heteroatoms. The molecule has 0 atom stereocenters. The Morgan fingerprint density at radius 3 is 2.69 bits per heavy atom. The molecule has 0 fully saturated rings. The summed E-state index contributed by atoms with van der Waals surface area (Å²) in [5, 5.41) is 9.98. The molecular weight excluding hydrogens is 226 g/mol. The van der Waals surface area contributed by atoms with Gasteiger partial charge in [0.25, 0.3) is 0 Å². The number of phenolic OH excluding ortho intramolecular Hbond substituents is 1. The Hall–Kier alpha value is -0.450. The van der Waals surface area contributed by atoms with Gasteiger partial charge in [0.05, 0.1) is 5.56 Å². The van der Waals surface area contributed by atoms with E-state index in [2.05, 4.69) is 0 Å². The highest BCUT2D eigenvalue weighted by molar-refractivity contribution is 7.98. The van der Waals surface area contributed by atoms with E-state index >= 15 is 0 Å². The van der Waals surface area contributed by atoms with Crippen molar-refractivity contribution in [2.75, 3.05) is 6.26 Å². The zero-order chi connectivity index (χ0) is 10.0. The summed E-state index contributed by atoms with van der Waals surface area (Å²) >= 11 is 12.0. The number of halogens is 1. The van der Waals surface area contributed by atoms with Gasteiger partial charge in [-0.05, 0) is 18.4 Å². The van der Waals surface area contributed by atoms with E-state index in [0.717, 1.165) is 4.90 Å². The standard InChI is InChI=1S/C8H8ClNOS2/c1-13-6-3-4(9)2-5(11)7(6)8(10)12/h2-3,11H,1H3,(H2,10,12). The first-order valence-corrected chi connectivity index (χ1v) is 5.43. The number of aromatic hydroxyl groups is 1. The molecule has 2 nitrogen and oxygen atoms in total. The van der Waals surface area contributed by atoms with Gasteiger partial charge in [0.15, 0.2) is 0 Å². The van der Waals surface area contributed by atoms with E-state index in [1.807, 2.05) is 6.26 Å². The molecule has 0 aliphatic carbocycles. The van der Waals surface area contributed by atoms with Gasteiger partial charge in [0, 0.05) is 9.92 Å². The molecular formula is C8H8ClNOS2. The van der Waals surface area contributed by atoms with Crippen molar-refractivity contribution < 1.29 is 5.11 Å². The van der Waals surface area contributed by atoms with Crippen molar-refractivity contribution >= 4 is 40.6 Å². The number of rotatable bonds is 2. The van der Waals surface area contributed by atoms with E-state index < -0.39 is 0 Å². The van der Waals surface area contributed by atoms with Crippen LogP contribution in [-0.4, -0.2) is 16.4 Å². The molecule has 0 saturated heterocycles. The number of thiocarbonyl (C=S) groups is 1. The van der Waals surface area contributed by atoms with E-state index in [4.69, 9.17) is 29.6 Å². The van der Waals surface area contributed by atoms with Crippen LogP contribution in [0.4, 0.5) is 0 Å². The van der Waals surface area contributed by atoms with Gasteiger partial charge >= 0.3 is 0 Å². The highest BCUT2D eigenvalue weighted by Gasteiger charge is 2.11. The Morgan fingerprint density at radius 2 is 2.23 bits per heavy atom. The first kappa shape index (κ1) is 10.6. The van der Waals surface area contributed by atoms with Crippen LogP contribution in [0.2, 0.25) is 5.02 Å². The molecule has 0 radical (unpaired) electrons. The highest BCUT2D eigenvalue weighted by Crippen LogP contribution is 2.31. The molecule has 0 amide bonds. The van der Waals surface area contributed by atoms with E-state index in [9.17, 15) is 5.11 Å². The molecule has 0 bridgehead atoms. The lowest BCUT2D eigenvalue weighted by atomic mass is 10.2. The number of phenols is 1. The summed E-state index contributed by atoms with van der Waals surface area (Å²) in [6, 6.07) is 3.15. The predicted octanol–water partition coefficient (Wildman–Crippen LogP) is 2.40. The van der Waals surface area contributed by atoms with Crippen molar-refractivity contribution in [3.63, 3.8) is 0 Å². The molecule has 1 aromatic rings. The van der Waals surface area contributed by atoms with Crippen LogP contribution in [0, 0.1) is 0 Å². The average molecular weight is 234 g/mol. The Balaban J connectivity index is 3.38. The number of hydrogen-bond acceptors (Lipinski definition) is 3. The van der Waals surface area contributed by atoms with Crippen molar-refractivity contribution in [2.24, 2.45) is 5.73 Å². The fourth-order valence-electron chi connectivity index (χ4n) is 0.977. The Morgan fingerprint density at radius 1 is 1.62 bits per heavy atom. The number of nitrogens with two attached hydrogens (primary N) is 1. The van der Waals surface area contributed by atoms with Crippen LogP contribution < -0.4 is 5.73 Å². The largest absolute Gasteiger partial charge is 0.507 e. The number of benzene rings is 1. The van der Waals surface area contributed by atoms with Crippen LogP contribution in [0.5, 0.6) is 5.75 Å². The van der Waals surface area contributed by atoms with Crippen LogP contribution in [0.3, 0.4) is 0 Å². The third-order valence-electron chi connectivity index (χ3n) is 1.51. The van der Waals surface area contributed by atoms with Gasteiger partial charge in [-0.2, -0.15) is 0 Å². The number of hydrogen-bond donors (Lipinski definition) is 2. The predicted molar refractivity (Wildman–Crippen MR) is 60.8 cm³/mol. The van der Waals surface area contributed by atoms with Gasteiger partial charge in [-0.3, -0.25) is 0 Å². The highest BCUT2D eigenvalue weighted by atomic mass is 35.5. The maximum absolute atomic E-state index is 9.51. The zero-order valence-electron chi connectivity index (χ0n) is 6.87. The SMILES string of the molecule is CSc1cc(Cl)cc(O)c1C(N)=S. The summed E-state index contributed by atoms with van der Waals surface area (Å²) in [7, 11) is 0. The molecule has 1 rings (SSSR count). The Labute approximate surface area is 91.1 Å². The summed E-state index contributed by atoms with van der Waals surface area (Å²) in [5.74, 6) is 0.0318. The lowest BCUT2D eigenvalue weighted by Crippen LogP contribution is -2.10. The van der Waals surface area contributed by atoms with Gasteiger partial charge in [0.2, 0.25) is 0 Å². The molecule has 0 aliphatic heterocycles. The molecule has 13 heavy (non-hydrogen) atoms. The summed E-state index contributed by atoms with van der Waals surface area (Å²) in [4.78, 5) is 0.969. The van der Waals surface area contributed by atoms with E-state index in [1.165, 1.54) is 17.8 Å². The fourth-order valence-corrected chi connectivity index (χ4v) is 2.20. The van der Waals surface area contributed by atoms with Crippen LogP contribution >= 0.6 is 35.6 Å². The van der Waals surface area contributed by atoms with Gasteiger partial charge in [-0.1, -0.05) is 23.8 Å². The summed E-state index contributed by atoms with van der Waals surface area (Å²) in [6.07, 6.45) is 1.87. The zero-order valence-corrected chi connectivity index (χ0v) is 9.26. The maximum atomic E-state index is 9.51. The van der Waals surface area contributed by atoms with Gasteiger partial charge in [0.1, 0.15) is 10.7 Å². The lowest BCUT2D eigenvalue weighted by molar-refractivity contribution is 0.472. The molecule has 0 spiro atoms. The fraction of sp³-hybridized carbons (Fsp3) is 0.125. The molecule has 3 N–H and O–H groups in total. The number of thioether (sulfide) groups is 1. The van der Waals surface area contributed by atoms with Crippen LogP contribution in [0.25, 0.3) is 0 Å². The third kappa shape index (κ3) is 2.27. The van der Waals surface area contributed by atoms with E-state index in [0.29, 0.717) is 10.6 Å². The van der Waals surface area contributed by atoms with Crippen molar-refractivity contribution in [1.82, 2.24) is 0 Å². The molecule has 0 saturated carbocycles. The van der Waals surface area contributed by atoms with Crippen molar-refractivity contribution in [1.29, 1.82) is 0 Å². The minimum atomic E-state index is 0.0318. The summed E-state index contributed by atoms with van der Waals surface area (Å²) in [5.41, 5.74) is 5.95. The topological polar surface area (TPSA) is 46.2 Å². The Kier molecular flexibility index (Phi) is 3.41. The van der Waals surface area contributed by atoms with E-state index in [1.54, 1.807) is 6.07 Å². The van der Waals surface area contributed by atoms with Gasteiger partial charge in [-0.15, -0.1) is 11.8 Å². The van der Waals surface area contributed by atoms with Crippen molar-refractivity contribution in [3.8, 4) is 5.75 Å². The second kappa shape index (κ2) is 4.17. The molecule has 1 aromatic carbocycles. The minimum absolute atomic E-state index is 0.0318. The third-order valence-corrected chi connectivity index (χ3v) is 2.70. The lowest BCUT2D eigenvalue weighted by Gasteiger charge is -2.08. The van der Waals surface area contributed by atoms with Gasteiger partial charge < -0.3 is 10.8 Å². The summed E-state index contributed by atoms with van der Waals surface area (Å²) < 4.78 is 0. The normalized spacial score (nSPS) is 10.0. The average Bonchev–Trinajstić information content (AvgIpc) is 2.01. The van der Waals surface area contributed by atoms with Gasteiger partial charge in [-0.25, -0.2) is 0 Å².